The Kier molecular flexibility index (Phi) is 6.22. The SMILES string of the molecule is COc1cccc(NC(=O)[C@@H]2c3ccccc3C(=O)N(C)[C@@H]2c2ccc(OC)c(OC)c2)c1. The molecule has 0 bridgehead atoms. The molecule has 0 fully saturated rings. The minimum Gasteiger partial charge on any atom is -0.497 e. The fourth-order valence-electron chi connectivity index (χ4n) is 4.33. The first-order chi connectivity index (χ1) is 16.0. The number of amides is 2. The minimum absolute atomic E-state index is 0.143. The van der Waals surface area contributed by atoms with Crippen molar-refractivity contribution in [3.05, 3.63) is 83.4 Å². The lowest BCUT2D eigenvalue weighted by atomic mass is 9.79. The number of carbonyl (C=O) groups is 2. The van der Waals surface area contributed by atoms with Crippen LogP contribution in [0.4, 0.5) is 5.69 Å². The Morgan fingerprint density at radius 2 is 1.64 bits per heavy atom. The third-order valence-corrected chi connectivity index (χ3v) is 5.95. The molecule has 3 aromatic carbocycles. The number of likely N-dealkylation sites (N-methyl/N-ethyl adjacent to an activating group) is 1. The van der Waals surface area contributed by atoms with E-state index in [-0.39, 0.29) is 11.8 Å². The summed E-state index contributed by atoms with van der Waals surface area (Å²) in [6.45, 7) is 0. The number of hydrogen-bond donors (Lipinski definition) is 1. The summed E-state index contributed by atoms with van der Waals surface area (Å²) in [5.41, 5.74) is 2.58. The number of rotatable bonds is 6. The van der Waals surface area contributed by atoms with Crippen molar-refractivity contribution in [3.8, 4) is 17.2 Å². The molecule has 0 aliphatic carbocycles. The third-order valence-electron chi connectivity index (χ3n) is 5.95. The minimum atomic E-state index is -0.645. The van der Waals surface area contributed by atoms with E-state index in [1.165, 1.54) is 0 Å². The smallest absolute Gasteiger partial charge is 0.254 e. The fourth-order valence-corrected chi connectivity index (χ4v) is 4.33. The van der Waals surface area contributed by atoms with Gasteiger partial charge in [0.05, 0.1) is 33.3 Å². The molecule has 7 heteroatoms. The first kappa shape index (κ1) is 22.2. The van der Waals surface area contributed by atoms with Crippen molar-refractivity contribution in [2.24, 2.45) is 0 Å². The number of benzene rings is 3. The number of nitrogens with zero attached hydrogens (tertiary/aromatic N) is 1. The Morgan fingerprint density at radius 3 is 2.36 bits per heavy atom. The van der Waals surface area contributed by atoms with E-state index in [4.69, 9.17) is 14.2 Å². The summed E-state index contributed by atoms with van der Waals surface area (Å²) < 4.78 is 16.1. The first-order valence-electron chi connectivity index (χ1n) is 10.5. The van der Waals surface area contributed by atoms with Gasteiger partial charge in [0.25, 0.3) is 5.91 Å². The maximum Gasteiger partial charge on any atom is 0.254 e. The number of carbonyl (C=O) groups excluding carboxylic acids is 2. The van der Waals surface area contributed by atoms with Gasteiger partial charge in [-0.05, 0) is 41.5 Å². The Morgan fingerprint density at radius 1 is 0.879 bits per heavy atom. The van der Waals surface area contributed by atoms with Gasteiger partial charge in [-0.15, -0.1) is 0 Å². The number of methoxy groups -OCH3 is 3. The van der Waals surface area contributed by atoms with Crippen LogP contribution < -0.4 is 19.5 Å². The second kappa shape index (κ2) is 9.24. The summed E-state index contributed by atoms with van der Waals surface area (Å²) in [5.74, 6) is 0.727. The Labute approximate surface area is 192 Å². The van der Waals surface area contributed by atoms with Crippen LogP contribution >= 0.6 is 0 Å². The van der Waals surface area contributed by atoms with E-state index in [0.29, 0.717) is 34.1 Å². The van der Waals surface area contributed by atoms with Crippen molar-refractivity contribution in [1.29, 1.82) is 0 Å². The molecule has 4 rings (SSSR count). The summed E-state index contributed by atoms with van der Waals surface area (Å²) in [5, 5.41) is 3.00. The average molecular weight is 447 g/mol. The van der Waals surface area contributed by atoms with Crippen molar-refractivity contribution in [2.75, 3.05) is 33.7 Å². The van der Waals surface area contributed by atoms with Crippen LogP contribution in [0.2, 0.25) is 0 Å². The predicted molar refractivity (Wildman–Crippen MR) is 125 cm³/mol. The zero-order chi connectivity index (χ0) is 23.5. The van der Waals surface area contributed by atoms with Gasteiger partial charge in [-0.1, -0.05) is 30.3 Å². The van der Waals surface area contributed by atoms with Crippen molar-refractivity contribution in [2.45, 2.75) is 12.0 Å². The molecule has 0 aromatic heterocycles. The number of nitrogens with one attached hydrogen (secondary N) is 1. The summed E-state index contributed by atoms with van der Waals surface area (Å²) in [6.07, 6.45) is 0. The molecule has 1 aliphatic rings. The van der Waals surface area contributed by atoms with E-state index in [2.05, 4.69) is 5.32 Å². The molecule has 2 atom stereocenters. The topological polar surface area (TPSA) is 77.1 Å². The van der Waals surface area contributed by atoms with Gasteiger partial charge < -0.3 is 24.4 Å². The third kappa shape index (κ3) is 4.09. The second-order valence-corrected chi connectivity index (χ2v) is 7.76. The molecular formula is C26H26N2O5. The van der Waals surface area contributed by atoms with Crippen molar-refractivity contribution < 1.29 is 23.8 Å². The van der Waals surface area contributed by atoms with Crippen LogP contribution in [-0.4, -0.2) is 45.1 Å². The molecular weight excluding hydrogens is 420 g/mol. The van der Waals surface area contributed by atoms with E-state index in [9.17, 15) is 9.59 Å². The molecule has 3 aromatic rings. The number of hydrogen-bond acceptors (Lipinski definition) is 5. The molecule has 1 aliphatic heterocycles. The molecule has 170 valence electrons. The molecule has 1 heterocycles. The number of fused-ring (bicyclic) bond motifs is 1. The quantitative estimate of drug-likeness (QED) is 0.612. The summed E-state index contributed by atoms with van der Waals surface area (Å²) in [4.78, 5) is 28.5. The van der Waals surface area contributed by atoms with Gasteiger partial charge in [-0.3, -0.25) is 9.59 Å². The monoisotopic (exact) mass is 446 g/mol. The normalized spacial score (nSPS) is 17.2. The van der Waals surface area contributed by atoms with Crippen LogP contribution in [0.5, 0.6) is 17.2 Å². The van der Waals surface area contributed by atoms with Crippen LogP contribution in [-0.2, 0) is 4.79 Å². The molecule has 0 saturated carbocycles. The van der Waals surface area contributed by atoms with Crippen LogP contribution in [0, 0.1) is 0 Å². The highest BCUT2D eigenvalue weighted by Crippen LogP contribution is 2.44. The molecule has 0 radical (unpaired) electrons. The lowest BCUT2D eigenvalue weighted by Gasteiger charge is -2.40. The van der Waals surface area contributed by atoms with E-state index >= 15 is 0 Å². The van der Waals surface area contributed by atoms with Gasteiger partial charge in [0.2, 0.25) is 5.91 Å². The highest BCUT2D eigenvalue weighted by atomic mass is 16.5. The molecule has 7 nitrogen and oxygen atoms in total. The van der Waals surface area contributed by atoms with Crippen LogP contribution in [0.1, 0.15) is 33.4 Å². The van der Waals surface area contributed by atoms with E-state index in [1.54, 1.807) is 63.6 Å². The van der Waals surface area contributed by atoms with E-state index in [0.717, 1.165) is 5.56 Å². The van der Waals surface area contributed by atoms with Gasteiger partial charge in [-0.2, -0.15) is 0 Å². The lowest BCUT2D eigenvalue weighted by Crippen LogP contribution is -2.44. The average Bonchev–Trinajstić information content (AvgIpc) is 2.85. The fraction of sp³-hybridized carbons (Fsp3) is 0.231. The zero-order valence-corrected chi connectivity index (χ0v) is 19.0. The molecule has 33 heavy (non-hydrogen) atoms. The van der Waals surface area contributed by atoms with Gasteiger partial charge in [0.15, 0.2) is 11.5 Å². The highest BCUT2D eigenvalue weighted by Gasteiger charge is 2.42. The predicted octanol–water partition coefficient (Wildman–Crippen LogP) is 4.26. The van der Waals surface area contributed by atoms with Gasteiger partial charge in [0, 0.05) is 24.4 Å². The van der Waals surface area contributed by atoms with Crippen molar-refractivity contribution in [1.82, 2.24) is 4.90 Å². The number of ether oxygens (including phenoxy) is 3. The van der Waals surface area contributed by atoms with Crippen LogP contribution in [0.25, 0.3) is 0 Å². The maximum absolute atomic E-state index is 13.7. The lowest BCUT2D eigenvalue weighted by molar-refractivity contribution is -0.119. The summed E-state index contributed by atoms with van der Waals surface area (Å²) in [7, 11) is 6.41. The van der Waals surface area contributed by atoms with Gasteiger partial charge in [-0.25, -0.2) is 0 Å². The molecule has 1 N–H and O–H groups in total. The standard InChI is InChI=1S/C26H26N2O5/c1-28-24(16-12-13-21(32-3)22(14-16)33-4)23(19-10-5-6-11-20(19)26(28)30)25(29)27-17-8-7-9-18(15-17)31-2/h5-15,23-24H,1-4H3,(H,27,29)/t23-,24-/m1/s1. The highest BCUT2D eigenvalue weighted by molar-refractivity contribution is 6.04. The van der Waals surface area contributed by atoms with E-state index < -0.39 is 12.0 Å². The summed E-state index contributed by atoms with van der Waals surface area (Å²) >= 11 is 0. The molecule has 0 spiro atoms. The Hall–Kier alpha value is -4.00. The maximum atomic E-state index is 13.7. The van der Waals surface area contributed by atoms with Gasteiger partial charge in [0.1, 0.15) is 5.75 Å². The molecule has 0 saturated heterocycles. The first-order valence-corrected chi connectivity index (χ1v) is 10.5. The van der Waals surface area contributed by atoms with Crippen molar-refractivity contribution in [3.63, 3.8) is 0 Å². The Balaban J connectivity index is 1.81. The van der Waals surface area contributed by atoms with Crippen LogP contribution in [0.15, 0.2) is 66.7 Å². The second-order valence-electron chi connectivity index (χ2n) is 7.76. The number of anilines is 1. The largest absolute Gasteiger partial charge is 0.497 e. The van der Waals surface area contributed by atoms with Gasteiger partial charge >= 0.3 is 0 Å². The van der Waals surface area contributed by atoms with E-state index in [1.807, 2.05) is 36.4 Å². The Bertz CT molecular complexity index is 1190. The summed E-state index contributed by atoms with van der Waals surface area (Å²) in [6, 6.07) is 19.3. The van der Waals surface area contributed by atoms with Crippen molar-refractivity contribution >= 4 is 17.5 Å². The van der Waals surface area contributed by atoms with Crippen LogP contribution in [0.3, 0.4) is 0 Å². The zero-order valence-electron chi connectivity index (χ0n) is 19.0. The molecule has 2 amide bonds. The molecule has 0 unspecified atom stereocenters.